The van der Waals surface area contributed by atoms with Crippen LogP contribution in [0.25, 0.3) is 0 Å². The quantitative estimate of drug-likeness (QED) is 0.793. The molecular weight excluding hydrogens is 340 g/mol. The lowest BCUT2D eigenvalue weighted by molar-refractivity contribution is -0.136. The Hall–Kier alpha value is -1.79. The summed E-state index contributed by atoms with van der Waals surface area (Å²) >= 11 is 6.26. The summed E-state index contributed by atoms with van der Waals surface area (Å²) in [5, 5.41) is 3.49. The van der Waals surface area contributed by atoms with Crippen molar-refractivity contribution in [1.29, 1.82) is 0 Å². The van der Waals surface area contributed by atoms with E-state index in [4.69, 9.17) is 11.6 Å². The third-order valence-electron chi connectivity index (χ3n) is 4.37. The summed E-state index contributed by atoms with van der Waals surface area (Å²) in [6.07, 6.45) is 0. The zero-order valence-electron chi connectivity index (χ0n) is 15.0. The molecule has 1 saturated heterocycles. The second-order valence-corrected chi connectivity index (χ2v) is 6.48. The number of likely N-dealkylation sites (N-methyl/N-ethyl adjacent to an activating group) is 2. The summed E-state index contributed by atoms with van der Waals surface area (Å²) in [6.45, 7) is 8.63. The van der Waals surface area contributed by atoms with Crippen molar-refractivity contribution in [3.63, 3.8) is 0 Å². The van der Waals surface area contributed by atoms with Crippen LogP contribution in [-0.4, -0.2) is 74.0 Å². The maximum Gasteiger partial charge on any atom is 0.239 e. The molecule has 1 aliphatic heterocycles. The van der Waals surface area contributed by atoms with Crippen molar-refractivity contribution in [1.82, 2.24) is 15.1 Å². The molecule has 0 unspecified atom stereocenters. The summed E-state index contributed by atoms with van der Waals surface area (Å²) in [5.74, 6) is -0.110. The van der Waals surface area contributed by atoms with Crippen LogP contribution in [0.4, 0.5) is 5.69 Å². The standard InChI is InChI=1S/C18H27ClN4O2/c1-3-20-17(24)13-22(4-2)18(25)14-21-9-11-23(12-10-21)16-8-6-5-7-15(16)19/h5-8H,3-4,9-14H2,1-2H3,(H,20,24). The van der Waals surface area contributed by atoms with Gasteiger partial charge in [0.2, 0.25) is 11.8 Å². The monoisotopic (exact) mass is 366 g/mol. The van der Waals surface area contributed by atoms with Crippen molar-refractivity contribution in [2.24, 2.45) is 0 Å². The molecule has 2 amide bonds. The highest BCUT2D eigenvalue weighted by atomic mass is 35.5. The molecule has 138 valence electrons. The first-order chi connectivity index (χ1) is 12.0. The fraction of sp³-hybridized carbons (Fsp3) is 0.556. The van der Waals surface area contributed by atoms with Crippen LogP contribution in [0.3, 0.4) is 0 Å². The number of nitrogens with one attached hydrogen (secondary N) is 1. The highest BCUT2D eigenvalue weighted by Gasteiger charge is 2.23. The maximum absolute atomic E-state index is 12.5. The highest BCUT2D eigenvalue weighted by Crippen LogP contribution is 2.25. The average Bonchev–Trinajstić information content (AvgIpc) is 2.61. The first-order valence-corrected chi connectivity index (χ1v) is 9.19. The number of carbonyl (C=O) groups is 2. The van der Waals surface area contributed by atoms with E-state index in [1.807, 2.05) is 38.1 Å². The van der Waals surface area contributed by atoms with Crippen LogP contribution < -0.4 is 10.2 Å². The minimum Gasteiger partial charge on any atom is -0.368 e. The molecule has 0 bridgehead atoms. The number of carbonyl (C=O) groups excluding carboxylic acids is 2. The molecule has 0 spiro atoms. The van der Waals surface area contributed by atoms with Gasteiger partial charge in [0.15, 0.2) is 0 Å². The van der Waals surface area contributed by atoms with Gasteiger partial charge >= 0.3 is 0 Å². The molecule has 1 fully saturated rings. The zero-order valence-corrected chi connectivity index (χ0v) is 15.8. The molecule has 0 atom stereocenters. The van der Waals surface area contributed by atoms with Crippen LogP contribution in [0.2, 0.25) is 5.02 Å². The summed E-state index contributed by atoms with van der Waals surface area (Å²) in [5.41, 5.74) is 1.04. The Kier molecular flexibility index (Phi) is 7.52. The van der Waals surface area contributed by atoms with E-state index in [1.165, 1.54) is 0 Å². The van der Waals surface area contributed by atoms with E-state index in [0.29, 0.717) is 19.6 Å². The van der Waals surface area contributed by atoms with E-state index in [-0.39, 0.29) is 18.4 Å². The van der Waals surface area contributed by atoms with E-state index < -0.39 is 0 Å². The van der Waals surface area contributed by atoms with Gasteiger partial charge < -0.3 is 15.1 Å². The molecule has 1 aliphatic rings. The van der Waals surface area contributed by atoms with Crippen molar-refractivity contribution >= 4 is 29.1 Å². The minimum atomic E-state index is -0.110. The van der Waals surface area contributed by atoms with Gasteiger partial charge in [0.05, 0.1) is 23.8 Å². The Bertz CT molecular complexity index is 588. The van der Waals surface area contributed by atoms with Crippen LogP contribution in [-0.2, 0) is 9.59 Å². The summed E-state index contributed by atoms with van der Waals surface area (Å²) < 4.78 is 0. The number of hydrogen-bond acceptors (Lipinski definition) is 4. The van der Waals surface area contributed by atoms with Gasteiger partial charge in [-0.25, -0.2) is 0 Å². The smallest absolute Gasteiger partial charge is 0.239 e. The SMILES string of the molecule is CCNC(=O)CN(CC)C(=O)CN1CCN(c2ccccc2Cl)CC1. The van der Waals surface area contributed by atoms with Crippen LogP contribution in [0.5, 0.6) is 0 Å². The van der Waals surface area contributed by atoms with Crippen molar-refractivity contribution in [2.45, 2.75) is 13.8 Å². The molecule has 1 N–H and O–H groups in total. The van der Waals surface area contributed by atoms with E-state index in [9.17, 15) is 9.59 Å². The molecule has 1 aromatic rings. The molecule has 1 aromatic carbocycles. The van der Waals surface area contributed by atoms with E-state index >= 15 is 0 Å². The number of nitrogens with zero attached hydrogens (tertiary/aromatic N) is 3. The average molecular weight is 367 g/mol. The second kappa shape index (κ2) is 9.63. The molecule has 2 rings (SSSR count). The number of hydrogen-bond donors (Lipinski definition) is 1. The molecule has 0 aliphatic carbocycles. The highest BCUT2D eigenvalue weighted by molar-refractivity contribution is 6.33. The molecule has 6 nitrogen and oxygen atoms in total. The number of amides is 2. The Balaban J connectivity index is 1.83. The molecule has 0 aromatic heterocycles. The summed E-state index contributed by atoms with van der Waals surface area (Å²) in [4.78, 5) is 30.1. The summed E-state index contributed by atoms with van der Waals surface area (Å²) in [6, 6.07) is 7.83. The van der Waals surface area contributed by atoms with Crippen LogP contribution >= 0.6 is 11.6 Å². The Morgan fingerprint density at radius 3 is 2.44 bits per heavy atom. The Labute approximate surface area is 154 Å². The number of rotatable bonds is 7. The number of halogens is 1. The Morgan fingerprint density at radius 2 is 1.84 bits per heavy atom. The predicted molar refractivity (Wildman–Crippen MR) is 101 cm³/mol. The van der Waals surface area contributed by atoms with Crippen molar-refractivity contribution in [2.75, 3.05) is 57.3 Å². The first-order valence-electron chi connectivity index (χ1n) is 8.81. The number of piperazine rings is 1. The molecule has 0 radical (unpaired) electrons. The molecule has 7 heteroatoms. The molecular formula is C18H27ClN4O2. The normalized spacial score (nSPS) is 15.1. The van der Waals surface area contributed by atoms with Gasteiger partial charge in [-0.1, -0.05) is 23.7 Å². The van der Waals surface area contributed by atoms with E-state index in [1.54, 1.807) is 4.90 Å². The van der Waals surface area contributed by atoms with Crippen LogP contribution in [0, 0.1) is 0 Å². The van der Waals surface area contributed by atoms with E-state index in [0.717, 1.165) is 36.9 Å². The number of para-hydroxylation sites is 1. The fourth-order valence-corrected chi connectivity index (χ4v) is 3.20. The van der Waals surface area contributed by atoms with Gasteiger partial charge in [-0.05, 0) is 26.0 Å². The number of benzene rings is 1. The molecule has 0 saturated carbocycles. The van der Waals surface area contributed by atoms with Gasteiger partial charge in [-0.2, -0.15) is 0 Å². The minimum absolute atomic E-state index is 0.0000495. The molecule has 1 heterocycles. The number of anilines is 1. The lowest BCUT2D eigenvalue weighted by Gasteiger charge is -2.36. The van der Waals surface area contributed by atoms with Crippen molar-refractivity contribution in [3.05, 3.63) is 29.3 Å². The van der Waals surface area contributed by atoms with Gasteiger partial charge in [-0.3, -0.25) is 14.5 Å². The van der Waals surface area contributed by atoms with Crippen LogP contribution in [0.1, 0.15) is 13.8 Å². The van der Waals surface area contributed by atoms with Gasteiger partial charge in [0, 0.05) is 39.3 Å². The van der Waals surface area contributed by atoms with Crippen molar-refractivity contribution < 1.29 is 9.59 Å². The lowest BCUT2D eigenvalue weighted by atomic mass is 10.2. The van der Waals surface area contributed by atoms with E-state index in [2.05, 4.69) is 15.1 Å². The van der Waals surface area contributed by atoms with Gasteiger partial charge in [0.1, 0.15) is 0 Å². The maximum atomic E-state index is 12.5. The zero-order chi connectivity index (χ0) is 18.2. The fourth-order valence-electron chi connectivity index (χ4n) is 2.95. The molecule has 25 heavy (non-hydrogen) atoms. The second-order valence-electron chi connectivity index (χ2n) is 6.08. The Morgan fingerprint density at radius 1 is 1.16 bits per heavy atom. The largest absolute Gasteiger partial charge is 0.368 e. The third kappa shape index (κ3) is 5.61. The third-order valence-corrected chi connectivity index (χ3v) is 4.69. The topological polar surface area (TPSA) is 55.9 Å². The van der Waals surface area contributed by atoms with Crippen molar-refractivity contribution in [3.8, 4) is 0 Å². The van der Waals surface area contributed by atoms with Crippen LogP contribution in [0.15, 0.2) is 24.3 Å². The summed E-state index contributed by atoms with van der Waals surface area (Å²) in [7, 11) is 0. The lowest BCUT2D eigenvalue weighted by Crippen LogP contribution is -2.51. The first kappa shape index (κ1) is 19.5. The predicted octanol–water partition coefficient (Wildman–Crippen LogP) is 1.45. The van der Waals surface area contributed by atoms with Gasteiger partial charge in [0.25, 0.3) is 0 Å². The van der Waals surface area contributed by atoms with Gasteiger partial charge in [-0.15, -0.1) is 0 Å².